The van der Waals surface area contributed by atoms with E-state index in [9.17, 15) is 8.42 Å². The molecule has 0 atom stereocenters. The lowest BCUT2D eigenvalue weighted by molar-refractivity contribution is 0.298. The fourth-order valence-corrected chi connectivity index (χ4v) is 3.05. The maximum Gasteiger partial charge on any atom is 0.265 e. The molecule has 0 bridgehead atoms. The highest BCUT2D eigenvalue weighted by Gasteiger charge is 2.17. The van der Waals surface area contributed by atoms with Crippen LogP contribution < -0.4 is 4.74 Å². The Labute approximate surface area is 127 Å². The predicted molar refractivity (Wildman–Crippen MR) is 81.3 cm³/mol. The standard InChI is InChI=1S/C13H16BrClO3S/c1-2-3-4-5-6-9-18-12-8-7-11(14)10-13(12)19(15,16)17/h2,7-8,10H,1,3-6,9H2. The summed E-state index contributed by atoms with van der Waals surface area (Å²) in [5, 5.41) is 0. The van der Waals surface area contributed by atoms with E-state index in [1.807, 2.05) is 6.08 Å². The van der Waals surface area contributed by atoms with E-state index in [-0.39, 0.29) is 4.90 Å². The summed E-state index contributed by atoms with van der Waals surface area (Å²) in [5.41, 5.74) is 0. The van der Waals surface area contributed by atoms with Gasteiger partial charge in [0.2, 0.25) is 0 Å². The van der Waals surface area contributed by atoms with E-state index in [0.717, 1.165) is 25.7 Å². The zero-order chi connectivity index (χ0) is 14.3. The Morgan fingerprint density at radius 1 is 1.32 bits per heavy atom. The monoisotopic (exact) mass is 366 g/mol. The molecular weight excluding hydrogens is 352 g/mol. The van der Waals surface area contributed by atoms with Gasteiger partial charge in [-0.2, -0.15) is 0 Å². The van der Waals surface area contributed by atoms with Gasteiger partial charge in [0, 0.05) is 15.2 Å². The van der Waals surface area contributed by atoms with Crippen molar-refractivity contribution in [3.63, 3.8) is 0 Å². The summed E-state index contributed by atoms with van der Waals surface area (Å²) in [6.07, 6.45) is 5.82. The van der Waals surface area contributed by atoms with Crippen molar-refractivity contribution in [3.05, 3.63) is 35.3 Å². The van der Waals surface area contributed by atoms with Crippen LogP contribution in [0.25, 0.3) is 0 Å². The number of hydrogen-bond donors (Lipinski definition) is 0. The molecule has 3 nitrogen and oxygen atoms in total. The predicted octanol–water partition coefficient (Wildman–Crippen LogP) is 4.50. The summed E-state index contributed by atoms with van der Waals surface area (Å²) in [6, 6.07) is 4.76. The number of halogens is 2. The molecule has 0 fully saturated rings. The Morgan fingerprint density at radius 2 is 2.05 bits per heavy atom. The van der Waals surface area contributed by atoms with E-state index in [2.05, 4.69) is 22.5 Å². The Kier molecular flexibility index (Phi) is 6.89. The van der Waals surface area contributed by atoms with Crippen molar-refractivity contribution in [1.82, 2.24) is 0 Å². The molecule has 1 rings (SSSR count). The highest BCUT2D eigenvalue weighted by atomic mass is 79.9. The summed E-state index contributed by atoms with van der Waals surface area (Å²) in [6.45, 7) is 4.13. The van der Waals surface area contributed by atoms with Crippen molar-refractivity contribution in [2.75, 3.05) is 6.61 Å². The molecule has 0 saturated carbocycles. The first-order valence-corrected chi connectivity index (χ1v) is 9.03. The molecule has 0 aliphatic heterocycles. The summed E-state index contributed by atoms with van der Waals surface area (Å²) in [5.74, 6) is 0.293. The molecule has 0 unspecified atom stereocenters. The molecule has 19 heavy (non-hydrogen) atoms. The number of benzene rings is 1. The first kappa shape index (κ1) is 16.5. The fraction of sp³-hybridized carbons (Fsp3) is 0.385. The van der Waals surface area contributed by atoms with Gasteiger partial charge in [-0.25, -0.2) is 8.42 Å². The lowest BCUT2D eigenvalue weighted by atomic mass is 10.2. The van der Waals surface area contributed by atoms with Gasteiger partial charge in [0.05, 0.1) is 6.61 Å². The third-order valence-corrected chi connectivity index (χ3v) is 4.31. The van der Waals surface area contributed by atoms with Crippen molar-refractivity contribution in [2.24, 2.45) is 0 Å². The Balaban J connectivity index is 2.61. The maximum atomic E-state index is 11.4. The van der Waals surface area contributed by atoms with Crippen LogP contribution in [0.4, 0.5) is 0 Å². The minimum Gasteiger partial charge on any atom is -0.492 e. The van der Waals surface area contributed by atoms with Crippen LogP contribution >= 0.6 is 26.6 Å². The van der Waals surface area contributed by atoms with Crippen molar-refractivity contribution in [2.45, 2.75) is 30.6 Å². The number of rotatable bonds is 8. The van der Waals surface area contributed by atoms with Crippen LogP contribution in [0, 0.1) is 0 Å². The van der Waals surface area contributed by atoms with Crippen molar-refractivity contribution < 1.29 is 13.2 Å². The quantitative estimate of drug-likeness (QED) is 0.386. The zero-order valence-electron chi connectivity index (χ0n) is 10.4. The third-order valence-electron chi connectivity index (χ3n) is 2.48. The van der Waals surface area contributed by atoms with E-state index in [4.69, 9.17) is 15.4 Å². The highest BCUT2D eigenvalue weighted by Crippen LogP contribution is 2.30. The zero-order valence-corrected chi connectivity index (χ0v) is 13.6. The van der Waals surface area contributed by atoms with Crippen LogP contribution in [0.15, 0.2) is 40.2 Å². The summed E-state index contributed by atoms with van der Waals surface area (Å²) in [4.78, 5) is -0.00497. The van der Waals surface area contributed by atoms with Crippen LogP contribution in [0.3, 0.4) is 0 Å². The first-order valence-electron chi connectivity index (χ1n) is 5.93. The molecule has 0 aliphatic carbocycles. The van der Waals surface area contributed by atoms with Crippen molar-refractivity contribution in [1.29, 1.82) is 0 Å². The van der Waals surface area contributed by atoms with Crippen LogP contribution in [-0.2, 0) is 9.05 Å². The van der Waals surface area contributed by atoms with Crippen LogP contribution in [0.1, 0.15) is 25.7 Å². The third kappa shape index (κ3) is 5.97. The molecule has 0 radical (unpaired) electrons. The van der Waals surface area contributed by atoms with Gasteiger partial charge in [0.15, 0.2) is 0 Å². The van der Waals surface area contributed by atoms with Crippen molar-refractivity contribution in [3.8, 4) is 5.75 Å². The minimum absolute atomic E-state index is 0.00497. The van der Waals surface area contributed by atoms with E-state index in [1.54, 1.807) is 12.1 Å². The molecule has 0 aromatic heterocycles. The molecule has 1 aromatic rings. The molecule has 6 heteroatoms. The molecule has 0 N–H and O–H groups in total. The average Bonchev–Trinajstić information content (AvgIpc) is 2.34. The molecule has 1 aromatic carbocycles. The first-order chi connectivity index (χ1) is 8.95. The molecule has 0 amide bonds. The fourth-order valence-electron chi connectivity index (χ4n) is 1.54. The number of allylic oxidation sites excluding steroid dienone is 1. The second-order valence-electron chi connectivity index (χ2n) is 4.02. The van der Waals surface area contributed by atoms with Gasteiger partial charge in [-0.3, -0.25) is 0 Å². The largest absolute Gasteiger partial charge is 0.492 e. The lowest BCUT2D eigenvalue weighted by Crippen LogP contribution is -2.02. The topological polar surface area (TPSA) is 43.4 Å². The normalized spacial score (nSPS) is 11.3. The highest BCUT2D eigenvalue weighted by molar-refractivity contribution is 9.10. The number of hydrogen-bond acceptors (Lipinski definition) is 3. The summed E-state index contributed by atoms with van der Waals surface area (Å²) >= 11 is 3.21. The molecule has 0 aliphatic rings. The van der Waals surface area contributed by atoms with Gasteiger partial charge in [-0.1, -0.05) is 22.0 Å². The second kappa shape index (κ2) is 7.92. The maximum absolute atomic E-state index is 11.4. The van der Waals surface area contributed by atoms with Crippen LogP contribution in [0.5, 0.6) is 5.75 Å². The van der Waals surface area contributed by atoms with Crippen LogP contribution in [0.2, 0.25) is 0 Å². The molecule has 0 spiro atoms. The van der Waals surface area contributed by atoms with Gasteiger partial charge in [-0.15, -0.1) is 6.58 Å². The van der Waals surface area contributed by atoms with Crippen LogP contribution in [-0.4, -0.2) is 15.0 Å². The summed E-state index contributed by atoms with van der Waals surface area (Å²) in [7, 11) is 1.57. The number of unbranched alkanes of at least 4 members (excludes halogenated alkanes) is 3. The average molecular weight is 368 g/mol. The van der Waals surface area contributed by atoms with Gasteiger partial charge in [0.1, 0.15) is 10.6 Å². The second-order valence-corrected chi connectivity index (χ2v) is 7.47. The van der Waals surface area contributed by atoms with Gasteiger partial charge < -0.3 is 4.74 Å². The van der Waals surface area contributed by atoms with E-state index in [1.165, 1.54) is 6.07 Å². The minimum atomic E-state index is -3.80. The molecule has 0 heterocycles. The Morgan fingerprint density at radius 3 is 2.68 bits per heavy atom. The SMILES string of the molecule is C=CCCCCCOc1ccc(Br)cc1S(=O)(=O)Cl. The molecular formula is C13H16BrClO3S. The smallest absolute Gasteiger partial charge is 0.265 e. The molecule has 106 valence electrons. The van der Waals surface area contributed by atoms with Gasteiger partial charge in [0.25, 0.3) is 9.05 Å². The van der Waals surface area contributed by atoms with E-state index in [0.29, 0.717) is 16.8 Å². The molecule has 0 saturated heterocycles. The van der Waals surface area contributed by atoms with Gasteiger partial charge in [-0.05, 0) is 43.9 Å². The Hall–Kier alpha value is -0.520. The van der Waals surface area contributed by atoms with Gasteiger partial charge >= 0.3 is 0 Å². The van der Waals surface area contributed by atoms with E-state index < -0.39 is 9.05 Å². The number of ether oxygens (including phenoxy) is 1. The van der Waals surface area contributed by atoms with E-state index >= 15 is 0 Å². The Bertz CT molecular complexity index is 529. The van der Waals surface area contributed by atoms with Crippen molar-refractivity contribution >= 4 is 35.7 Å². The summed E-state index contributed by atoms with van der Waals surface area (Å²) < 4.78 is 29.0. The lowest BCUT2D eigenvalue weighted by Gasteiger charge is -2.09.